The zero-order chi connectivity index (χ0) is 9.68. The molecule has 0 amide bonds. The van der Waals surface area contributed by atoms with E-state index in [4.69, 9.17) is 16.3 Å². The smallest absolute Gasteiger partial charge is 0.115 e. The molecule has 1 unspecified atom stereocenters. The van der Waals surface area contributed by atoms with Gasteiger partial charge < -0.3 is 4.74 Å². The molecular formula is C9H13ClN2O. The summed E-state index contributed by atoms with van der Waals surface area (Å²) in [5.41, 5.74) is 1.93. The van der Waals surface area contributed by atoms with Crippen molar-refractivity contribution in [1.82, 2.24) is 9.97 Å². The van der Waals surface area contributed by atoms with E-state index in [-0.39, 0.29) is 5.38 Å². The Kier molecular flexibility index (Phi) is 4.12. The van der Waals surface area contributed by atoms with Crippen molar-refractivity contribution in [2.45, 2.75) is 18.7 Å². The summed E-state index contributed by atoms with van der Waals surface area (Å²) in [5, 5.41) is -0.0145. The SMILES string of the molecule is COCC(Cl)Cc1cc(C)ncn1. The molecule has 4 heteroatoms. The topological polar surface area (TPSA) is 35.0 Å². The van der Waals surface area contributed by atoms with Gasteiger partial charge in [-0.15, -0.1) is 11.6 Å². The summed E-state index contributed by atoms with van der Waals surface area (Å²) >= 11 is 5.98. The van der Waals surface area contributed by atoms with Gasteiger partial charge in [-0.05, 0) is 13.0 Å². The van der Waals surface area contributed by atoms with Gasteiger partial charge in [0.1, 0.15) is 6.33 Å². The number of halogens is 1. The van der Waals surface area contributed by atoms with Crippen LogP contribution in [0.3, 0.4) is 0 Å². The average molecular weight is 201 g/mol. The number of hydrogen-bond donors (Lipinski definition) is 0. The fraction of sp³-hybridized carbons (Fsp3) is 0.556. The molecule has 1 rings (SSSR count). The number of nitrogens with zero attached hydrogens (tertiary/aromatic N) is 2. The molecule has 0 N–H and O–H groups in total. The van der Waals surface area contributed by atoms with E-state index >= 15 is 0 Å². The van der Waals surface area contributed by atoms with Crippen LogP contribution in [-0.4, -0.2) is 29.1 Å². The van der Waals surface area contributed by atoms with Crippen molar-refractivity contribution < 1.29 is 4.74 Å². The van der Waals surface area contributed by atoms with Gasteiger partial charge in [-0.1, -0.05) is 0 Å². The number of methoxy groups -OCH3 is 1. The molecular weight excluding hydrogens is 188 g/mol. The van der Waals surface area contributed by atoms with Gasteiger partial charge in [0.2, 0.25) is 0 Å². The van der Waals surface area contributed by atoms with Crippen LogP contribution >= 0.6 is 11.6 Å². The number of hydrogen-bond acceptors (Lipinski definition) is 3. The maximum atomic E-state index is 5.98. The summed E-state index contributed by atoms with van der Waals surface area (Å²) < 4.78 is 4.93. The third-order valence-corrected chi connectivity index (χ3v) is 1.92. The average Bonchev–Trinajstić information content (AvgIpc) is 2.04. The maximum absolute atomic E-state index is 5.98. The van der Waals surface area contributed by atoms with E-state index in [2.05, 4.69) is 9.97 Å². The van der Waals surface area contributed by atoms with Crippen LogP contribution in [0.25, 0.3) is 0 Å². The Hall–Kier alpha value is -0.670. The molecule has 0 fully saturated rings. The second-order valence-corrected chi connectivity index (χ2v) is 3.52. The van der Waals surface area contributed by atoms with Gasteiger partial charge in [0, 0.05) is 24.9 Å². The molecule has 3 nitrogen and oxygen atoms in total. The molecule has 0 spiro atoms. The van der Waals surface area contributed by atoms with Gasteiger partial charge >= 0.3 is 0 Å². The zero-order valence-electron chi connectivity index (χ0n) is 7.83. The second-order valence-electron chi connectivity index (χ2n) is 2.91. The van der Waals surface area contributed by atoms with Crippen molar-refractivity contribution in [3.8, 4) is 0 Å². The number of rotatable bonds is 4. The fourth-order valence-electron chi connectivity index (χ4n) is 1.09. The summed E-state index contributed by atoms with van der Waals surface area (Å²) in [6.07, 6.45) is 2.28. The Bertz CT molecular complexity index is 268. The van der Waals surface area contributed by atoms with Crippen LogP contribution in [0, 0.1) is 6.92 Å². The van der Waals surface area contributed by atoms with E-state index in [9.17, 15) is 0 Å². The lowest BCUT2D eigenvalue weighted by molar-refractivity contribution is 0.197. The van der Waals surface area contributed by atoms with Gasteiger partial charge in [0.15, 0.2) is 0 Å². The quantitative estimate of drug-likeness (QED) is 0.693. The minimum atomic E-state index is -0.0145. The third kappa shape index (κ3) is 3.70. The Morgan fingerprint density at radius 1 is 1.54 bits per heavy atom. The molecule has 0 saturated heterocycles. The fourth-order valence-corrected chi connectivity index (χ4v) is 1.37. The third-order valence-electron chi connectivity index (χ3n) is 1.64. The molecule has 0 aliphatic rings. The first-order chi connectivity index (χ1) is 6.22. The summed E-state index contributed by atoms with van der Waals surface area (Å²) in [7, 11) is 1.64. The first kappa shape index (κ1) is 10.4. The van der Waals surface area contributed by atoms with Gasteiger partial charge in [0.05, 0.1) is 12.0 Å². The van der Waals surface area contributed by atoms with E-state index in [0.717, 1.165) is 17.8 Å². The van der Waals surface area contributed by atoms with Crippen molar-refractivity contribution >= 4 is 11.6 Å². The van der Waals surface area contributed by atoms with Crippen molar-refractivity contribution in [3.05, 3.63) is 23.8 Å². The highest BCUT2D eigenvalue weighted by Crippen LogP contribution is 2.06. The predicted molar refractivity (Wildman–Crippen MR) is 52.0 cm³/mol. The highest BCUT2D eigenvalue weighted by Gasteiger charge is 2.06. The van der Waals surface area contributed by atoms with E-state index in [1.807, 2.05) is 13.0 Å². The molecule has 0 aliphatic heterocycles. The first-order valence-electron chi connectivity index (χ1n) is 4.13. The van der Waals surface area contributed by atoms with Crippen LogP contribution in [0.2, 0.25) is 0 Å². The number of aromatic nitrogens is 2. The Morgan fingerprint density at radius 2 is 2.31 bits per heavy atom. The van der Waals surface area contributed by atoms with Gasteiger partial charge in [-0.25, -0.2) is 9.97 Å². The van der Waals surface area contributed by atoms with E-state index in [0.29, 0.717) is 6.61 Å². The van der Waals surface area contributed by atoms with Crippen molar-refractivity contribution in [1.29, 1.82) is 0 Å². The normalized spacial score (nSPS) is 12.8. The lowest BCUT2D eigenvalue weighted by Gasteiger charge is -2.06. The predicted octanol–water partition coefficient (Wildman–Crippen LogP) is 1.58. The molecule has 1 atom stereocenters. The highest BCUT2D eigenvalue weighted by molar-refractivity contribution is 6.20. The Morgan fingerprint density at radius 3 is 2.92 bits per heavy atom. The molecule has 0 bridgehead atoms. The van der Waals surface area contributed by atoms with Crippen LogP contribution in [0.15, 0.2) is 12.4 Å². The number of aryl methyl sites for hydroxylation is 1. The minimum Gasteiger partial charge on any atom is -0.383 e. The van der Waals surface area contributed by atoms with Gasteiger partial charge in [-0.3, -0.25) is 0 Å². The molecule has 1 aromatic rings. The molecule has 0 aromatic carbocycles. The van der Waals surface area contributed by atoms with Crippen LogP contribution in [0.4, 0.5) is 0 Å². The van der Waals surface area contributed by atoms with Crippen molar-refractivity contribution in [2.24, 2.45) is 0 Å². The van der Waals surface area contributed by atoms with Crippen LogP contribution in [0.1, 0.15) is 11.4 Å². The lowest BCUT2D eigenvalue weighted by Crippen LogP contribution is -2.11. The zero-order valence-corrected chi connectivity index (χ0v) is 8.58. The molecule has 13 heavy (non-hydrogen) atoms. The van der Waals surface area contributed by atoms with E-state index < -0.39 is 0 Å². The number of alkyl halides is 1. The first-order valence-corrected chi connectivity index (χ1v) is 4.56. The highest BCUT2D eigenvalue weighted by atomic mass is 35.5. The van der Waals surface area contributed by atoms with E-state index in [1.165, 1.54) is 0 Å². The van der Waals surface area contributed by atoms with Crippen molar-refractivity contribution in [2.75, 3.05) is 13.7 Å². The van der Waals surface area contributed by atoms with Crippen LogP contribution < -0.4 is 0 Å². The molecule has 1 aromatic heterocycles. The molecule has 0 saturated carbocycles. The summed E-state index contributed by atoms with van der Waals surface area (Å²) in [6, 6.07) is 1.94. The van der Waals surface area contributed by atoms with Crippen LogP contribution in [0.5, 0.6) is 0 Å². The molecule has 0 aliphatic carbocycles. The standard InChI is InChI=1S/C9H13ClN2O/c1-7-3-9(12-6-11-7)4-8(10)5-13-2/h3,6,8H,4-5H2,1-2H3. The largest absolute Gasteiger partial charge is 0.383 e. The van der Waals surface area contributed by atoms with Crippen LogP contribution in [-0.2, 0) is 11.2 Å². The molecule has 0 radical (unpaired) electrons. The van der Waals surface area contributed by atoms with Crippen molar-refractivity contribution in [3.63, 3.8) is 0 Å². The Labute approximate surface area is 83.1 Å². The van der Waals surface area contributed by atoms with Gasteiger partial charge in [-0.2, -0.15) is 0 Å². The summed E-state index contributed by atoms with van der Waals surface area (Å²) in [6.45, 7) is 2.48. The summed E-state index contributed by atoms with van der Waals surface area (Å²) in [5.74, 6) is 0. The summed E-state index contributed by atoms with van der Waals surface area (Å²) in [4.78, 5) is 8.12. The molecule has 72 valence electrons. The number of ether oxygens (including phenoxy) is 1. The second kappa shape index (κ2) is 5.14. The minimum absolute atomic E-state index is 0.0145. The molecule has 1 heterocycles. The van der Waals surface area contributed by atoms with E-state index in [1.54, 1.807) is 13.4 Å². The lowest BCUT2D eigenvalue weighted by atomic mass is 10.2. The maximum Gasteiger partial charge on any atom is 0.115 e. The van der Waals surface area contributed by atoms with Gasteiger partial charge in [0.25, 0.3) is 0 Å². The monoisotopic (exact) mass is 200 g/mol. The Balaban J connectivity index is 2.53.